The summed E-state index contributed by atoms with van der Waals surface area (Å²) in [5.74, 6) is -1.89. The van der Waals surface area contributed by atoms with E-state index in [0.717, 1.165) is 12.1 Å². The lowest BCUT2D eigenvalue weighted by Gasteiger charge is -2.07. The second-order valence-electron chi connectivity index (χ2n) is 2.72. The summed E-state index contributed by atoms with van der Waals surface area (Å²) in [6.45, 7) is 0.192. The van der Waals surface area contributed by atoms with Gasteiger partial charge in [0.15, 0.2) is 17.4 Å². The molecule has 1 aromatic carbocycles. The second-order valence-corrected chi connectivity index (χ2v) is 5.50. The number of ether oxygens (including phenoxy) is 2. The van der Waals surface area contributed by atoms with Gasteiger partial charge in [-0.1, -0.05) is 0 Å². The van der Waals surface area contributed by atoms with Crippen LogP contribution in [0.2, 0.25) is 0 Å². The smallest absolute Gasteiger partial charge is 0.190 e. The van der Waals surface area contributed by atoms with Crippen LogP contribution in [0.25, 0.3) is 0 Å². The minimum absolute atomic E-state index is 0.105. The van der Waals surface area contributed by atoms with Crippen LogP contribution in [0.5, 0.6) is 11.5 Å². The molecule has 0 amide bonds. The zero-order valence-corrected chi connectivity index (χ0v) is 11.4. The van der Waals surface area contributed by atoms with Crippen LogP contribution in [0, 0.1) is 11.6 Å². The van der Waals surface area contributed by atoms with Gasteiger partial charge < -0.3 is 9.47 Å². The van der Waals surface area contributed by atoms with Crippen LogP contribution in [0.1, 0.15) is 0 Å². The molecule has 0 aliphatic rings. The van der Waals surface area contributed by atoms with Gasteiger partial charge in [0.1, 0.15) is 12.4 Å². The summed E-state index contributed by atoms with van der Waals surface area (Å²) in [7, 11) is 1.20. The molecule has 2 nitrogen and oxygen atoms in total. The van der Waals surface area contributed by atoms with Crippen LogP contribution in [0.4, 0.5) is 8.78 Å². The topological polar surface area (TPSA) is 18.5 Å². The Hall–Kier alpha value is -0.620. The standard InChI is InChI=1S/C10H8Br2F2O2/c1-15-10-7(13)4-6(5-8(10)14)16-3-2-9(11)12/h2,4-5H,3H2,1H3. The fourth-order valence-corrected chi connectivity index (χ4v) is 1.28. The zero-order valence-electron chi connectivity index (χ0n) is 8.27. The molecule has 0 saturated heterocycles. The van der Waals surface area contributed by atoms with E-state index in [1.807, 2.05) is 0 Å². The van der Waals surface area contributed by atoms with E-state index >= 15 is 0 Å². The Morgan fingerprint density at radius 2 is 1.88 bits per heavy atom. The molecule has 0 aliphatic heterocycles. The van der Waals surface area contributed by atoms with Gasteiger partial charge in [0.25, 0.3) is 0 Å². The fraction of sp³-hybridized carbons (Fsp3) is 0.200. The molecule has 16 heavy (non-hydrogen) atoms. The van der Waals surface area contributed by atoms with Crippen LogP contribution in [-0.2, 0) is 0 Å². The van der Waals surface area contributed by atoms with Crippen molar-refractivity contribution >= 4 is 31.9 Å². The van der Waals surface area contributed by atoms with Gasteiger partial charge in [0.2, 0.25) is 0 Å². The van der Waals surface area contributed by atoms with Gasteiger partial charge in [-0.2, -0.15) is 0 Å². The van der Waals surface area contributed by atoms with E-state index in [4.69, 9.17) is 4.74 Å². The highest BCUT2D eigenvalue weighted by molar-refractivity contribution is 9.28. The molecule has 1 rings (SSSR count). The van der Waals surface area contributed by atoms with E-state index in [2.05, 4.69) is 36.6 Å². The lowest BCUT2D eigenvalue weighted by molar-refractivity contribution is 0.337. The average molecular weight is 358 g/mol. The van der Waals surface area contributed by atoms with Crippen molar-refractivity contribution < 1.29 is 18.3 Å². The first-order valence-electron chi connectivity index (χ1n) is 4.21. The third kappa shape index (κ3) is 3.75. The quantitative estimate of drug-likeness (QED) is 0.811. The molecule has 6 heteroatoms. The maximum absolute atomic E-state index is 13.2. The minimum Gasteiger partial charge on any atom is -0.491 e. The third-order valence-electron chi connectivity index (χ3n) is 1.66. The first-order valence-corrected chi connectivity index (χ1v) is 5.80. The van der Waals surface area contributed by atoms with Crippen molar-refractivity contribution in [2.75, 3.05) is 13.7 Å². The highest BCUT2D eigenvalue weighted by Crippen LogP contribution is 2.26. The van der Waals surface area contributed by atoms with Crippen molar-refractivity contribution in [3.8, 4) is 11.5 Å². The highest BCUT2D eigenvalue weighted by atomic mass is 79.9. The van der Waals surface area contributed by atoms with E-state index in [1.54, 1.807) is 6.08 Å². The van der Waals surface area contributed by atoms with Crippen LogP contribution in [0.3, 0.4) is 0 Å². The van der Waals surface area contributed by atoms with Crippen molar-refractivity contribution in [2.24, 2.45) is 0 Å². The van der Waals surface area contributed by atoms with Crippen LogP contribution in [0.15, 0.2) is 21.6 Å². The second kappa shape index (κ2) is 6.20. The van der Waals surface area contributed by atoms with E-state index in [1.165, 1.54) is 7.11 Å². The molecule has 0 bridgehead atoms. The molecule has 1 aromatic rings. The molecule has 0 atom stereocenters. The molecule has 0 heterocycles. The summed E-state index contributed by atoms with van der Waals surface area (Å²) < 4.78 is 36.8. The largest absolute Gasteiger partial charge is 0.491 e. The first kappa shape index (κ1) is 13.4. The maximum Gasteiger partial charge on any atom is 0.190 e. The Balaban J connectivity index is 2.80. The number of rotatable bonds is 4. The van der Waals surface area contributed by atoms with Gasteiger partial charge in [-0.25, -0.2) is 8.78 Å². The maximum atomic E-state index is 13.2. The van der Waals surface area contributed by atoms with Crippen molar-refractivity contribution in [1.82, 2.24) is 0 Å². The number of hydrogen-bond acceptors (Lipinski definition) is 2. The Morgan fingerprint density at radius 1 is 1.31 bits per heavy atom. The molecule has 88 valence electrons. The van der Waals surface area contributed by atoms with E-state index in [-0.39, 0.29) is 12.4 Å². The third-order valence-corrected chi connectivity index (χ3v) is 2.31. The predicted octanol–water partition coefficient (Wildman–Crippen LogP) is 3.98. The Labute approximate surface area is 108 Å². The van der Waals surface area contributed by atoms with Gasteiger partial charge in [-0.15, -0.1) is 0 Å². The van der Waals surface area contributed by atoms with E-state index < -0.39 is 17.4 Å². The Bertz CT molecular complexity index is 381. The Kier molecular flexibility index (Phi) is 5.21. The first-order chi connectivity index (χ1) is 7.54. The number of halogens is 4. The molecule has 0 radical (unpaired) electrons. The molecular formula is C10H8Br2F2O2. The molecule has 0 spiro atoms. The van der Waals surface area contributed by atoms with Gasteiger partial charge in [0, 0.05) is 12.1 Å². The van der Waals surface area contributed by atoms with Crippen molar-refractivity contribution in [2.45, 2.75) is 0 Å². The molecule has 0 fully saturated rings. The molecule has 0 aliphatic carbocycles. The van der Waals surface area contributed by atoms with Gasteiger partial charge in [-0.05, 0) is 37.9 Å². The summed E-state index contributed by atoms with van der Waals surface area (Å²) in [6, 6.07) is 2.13. The lowest BCUT2D eigenvalue weighted by atomic mass is 10.3. The van der Waals surface area contributed by atoms with E-state index in [9.17, 15) is 8.78 Å². The van der Waals surface area contributed by atoms with Gasteiger partial charge >= 0.3 is 0 Å². The van der Waals surface area contributed by atoms with E-state index in [0.29, 0.717) is 3.39 Å². The Morgan fingerprint density at radius 3 is 2.31 bits per heavy atom. The minimum atomic E-state index is -0.792. The monoisotopic (exact) mass is 356 g/mol. The number of benzene rings is 1. The lowest BCUT2D eigenvalue weighted by Crippen LogP contribution is -1.98. The summed E-state index contributed by atoms with van der Waals surface area (Å²) in [5, 5.41) is 0. The molecule has 0 saturated carbocycles. The average Bonchev–Trinajstić information content (AvgIpc) is 2.16. The predicted molar refractivity (Wildman–Crippen MR) is 64.3 cm³/mol. The van der Waals surface area contributed by atoms with Crippen LogP contribution < -0.4 is 9.47 Å². The number of methoxy groups -OCH3 is 1. The molecule has 0 N–H and O–H groups in total. The summed E-state index contributed by atoms with van der Waals surface area (Å²) in [6.07, 6.45) is 1.65. The number of hydrogen-bond donors (Lipinski definition) is 0. The van der Waals surface area contributed by atoms with Crippen LogP contribution >= 0.6 is 31.9 Å². The fourth-order valence-electron chi connectivity index (χ4n) is 1.02. The summed E-state index contributed by atoms with van der Waals surface area (Å²) >= 11 is 6.26. The van der Waals surface area contributed by atoms with Gasteiger partial charge in [0.05, 0.1) is 10.5 Å². The summed E-state index contributed by atoms with van der Waals surface area (Å²) in [4.78, 5) is 0. The van der Waals surface area contributed by atoms with Crippen molar-refractivity contribution in [3.63, 3.8) is 0 Å². The normalized spacial score (nSPS) is 9.81. The van der Waals surface area contributed by atoms with Crippen LogP contribution in [-0.4, -0.2) is 13.7 Å². The zero-order chi connectivity index (χ0) is 12.1. The summed E-state index contributed by atoms with van der Waals surface area (Å²) in [5.41, 5.74) is 0. The molecule has 0 unspecified atom stereocenters. The highest BCUT2D eigenvalue weighted by Gasteiger charge is 2.11. The van der Waals surface area contributed by atoms with Crippen molar-refractivity contribution in [1.29, 1.82) is 0 Å². The van der Waals surface area contributed by atoms with Gasteiger partial charge in [-0.3, -0.25) is 0 Å². The molecular weight excluding hydrogens is 350 g/mol. The molecule has 0 aromatic heterocycles. The SMILES string of the molecule is COc1c(F)cc(OCC=C(Br)Br)cc1F. The van der Waals surface area contributed by atoms with Crippen molar-refractivity contribution in [3.05, 3.63) is 33.2 Å².